The predicted octanol–water partition coefficient (Wildman–Crippen LogP) is 0.0391. The fourth-order valence-corrected chi connectivity index (χ4v) is 0.863. The predicted molar refractivity (Wildman–Crippen MR) is 57.1 cm³/mol. The van der Waals surface area contributed by atoms with Crippen LogP contribution in [0.15, 0.2) is 0 Å². The first-order valence-electron chi connectivity index (χ1n) is 5.02. The molecule has 0 aliphatic rings. The van der Waals surface area contributed by atoms with Gasteiger partial charge in [-0.25, -0.2) is 0 Å². The van der Waals surface area contributed by atoms with Gasteiger partial charge in [0.25, 0.3) is 0 Å². The maximum atomic E-state index is 11.3. The van der Waals surface area contributed by atoms with Gasteiger partial charge in [0, 0.05) is 6.54 Å². The van der Waals surface area contributed by atoms with Crippen LogP contribution < -0.4 is 11.1 Å². The van der Waals surface area contributed by atoms with E-state index in [2.05, 4.69) is 5.32 Å². The molecule has 1 atom stereocenters. The van der Waals surface area contributed by atoms with Crippen molar-refractivity contribution in [1.82, 2.24) is 5.32 Å². The Balaban J connectivity index is 4.05. The molecule has 0 aromatic carbocycles. The summed E-state index contributed by atoms with van der Waals surface area (Å²) in [6, 6.07) is 0. The van der Waals surface area contributed by atoms with E-state index in [0.717, 1.165) is 0 Å². The fraction of sp³-hybridized carbons (Fsp3) is 0.800. The molecule has 0 saturated carbocycles. The first-order valence-corrected chi connectivity index (χ1v) is 5.02. The van der Waals surface area contributed by atoms with Crippen LogP contribution in [-0.4, -0.2) is 30.6 Å². The number of carbonyl (C=O) groups is 2. The van der Waals surface area contributed by atoms with Crippen molar-refractivity contribution < 1.29 is 14.3 Å². The molecule has 5 heteroatoms. The Labute approximate surface area is 90.4 Å². The van der Waals surface area contributed by atoms with Crippen LogP contribution in [0.4, 0.5) is 0 Å². The molecule has 1 unspecified atom stereocenters. The summed E-state index contributed by atoms with van der Waals surface area (Å²) in [5, 5.41) is 2.92. The molecule has 0 rings (SSSR count). The van der Waals surface area contributed by atoms with Gasteiger partial charge in [0.2, 0.25) is 5.91 Å². The molecule has 88 valence electrons. The Morgan fingerprint density at radius 2 is 2.00 bits per heavy atom. The summed E-state index contributed by atoms with van der Waals surface area (Å²) in [6.45, 7) is 7.57. The number of carbonyl (C=O) groups excluding carboxylic acids is 2. The average Bonchev–Trinajstić information content (AvgIpc) is 2.14. The second-order valence-electron chi connectivity index (χ2n) is 4.02. The first kappa shape index (κ1) is 13.9. The maximum absolute atomic E-state index is 11.3. The first-order chi connectivity index (χ1) is 6.81. The standard InChI is InChI=1S/C10H20N2O3/c1-5-15-8(13)7(2)6-12-10(3,4)9(11)14/h7,12H,5-6H2,1-4H3,(H2,11,14). The van der Waals surface area contributed by atoms with E-state index in [0.29, 0.717) is 13.2 Å². The molecule has 1 amide bonds. The molecule has 5 nitrogen and oxygen atoms in total. The lowest BCUT2D eigenvalue weighted by molar-refractivity contribution is -0.147. The Bertz CT molecular complexity index is 239. The van der Waals surface area contributed by atoms with Crippen molar-refractivity contribution in [2.75, 3.05) is 13.2 Å². The van der Waals surface area contributed by atoms with Crippen LogP contribution in [-0.2, 0) is 14.3 Å². The van der Waals surface area contributed by atoms with Gasteiger partial charge < -0.3 is 15.8 Å². The Hall–Kier alpha value is -1.10. The number of esters is 1. The van der Waals surface area contributed by atoms with Gasteiger partial charge in [0.05, 0.1) is 18.1 Å². The molecular weight excluding hydrogens is 196 g/mol. The molecular formula is C10H20N2O3. The lowest BCUT2D eigenvalue weighted by Crippen LogP contribution is -2.52. The number of hydrogen-bond acceptors (Lipinski definition) is 4. The third kappa shape index (κ3) is 4.78. The largest absolute Gasteiger partial charge is 0.466 e. The highest BCUT2D eigenvalue weighted by molar-refractivity contribution is 5.83. The zero-order valence-corrected chi connectivity index (χ0v) is 9.79. The van der Waals surface area contributed by atoms with E-state index in [9.17, 15) is 9.59 Å². The summed E-state index contributed by atoms with van der Waals surface area (Å²) in [5.74, 6) is -1.01. The lowest BCUT2D eigenvalue weighted by Gasteiger charge is -2.23. The smallest absolute Gasteiger partial charge is 0.309 e. The van der Waals surface area contributed by atoms with E-state index in [-0.39, 0.29) is 11.9 Å². The van der Waals surface area contributed by atoms with E-state index in [1.807, 2.05) is 0 Å². The molecule has 3 N–H and O–H groups in total. The van der Waals surface area contributed by atoms with Crippen molar-refractivity contribution in [1.29, 1.82) is 0 Å². The van der Waals surface area contributed by atoms with Crippen molar-refractivity contribution in [3.05, 3.63) is 0 Å². The van der Waals surface area contributed by atoms with Crippen LogP contribution in [0.1, 0.15) is 27.7 Å². The minimum atomic E-state index is -0.805. The monoisotopic (exact) mass is 216 g/mol. The van der Waals surface area contributed by atoms with Gasteiger partial charge in [0.15, 0.2) is 0 Å². The molecule has 0 spiro atoms. The second kappa shape index (κ2) is 5.70. The Kier molecular flexibility index (Phi) is 5.28. The van der Waals surface area contributed by atoms with Crippen molar-refractivity contribution in [2.24, 2.45) is 11.7 Å². The van der Waals surface area contributed by atoms with Crippen LogP contribution in [0.25, 0.3) is 0 Å². The van der Waals surface area contributed by atoms with Gasteiger partial charge in [-0.05, 0) is 20.8 Å². The van der Waals surface area contributed by atoms with Crippen molar-refractivity contribution in [2.45, 2.75) is 33.2 Å². The Morgan fingerprint density at radius 3 is 2.40 bits per heavy atom. The topological polar surface area (TPSA) is 81.4 Å². The number of rotatable bonds is 6. The normalized spacial score (nSPS) is 13.3. The fourth-order valence-electron chi connectivity index (χ4n) is 0.863. The number of primary amides is 1. The highest BCUT2D eigenvalue weighted by atomic mass is 16.5. The zero-order chi connectivity index (χ0) is 12.1. The van der Waals surface area contributed by atoms with Crippen molar-refractivity contribution >= 4 is 11.9 Å². The third-order valence-corrected chi connectivity index (χ3v) is 2.16. The number of amides is 1. The van der Waals surface area contributed by atoms with Crippen molar-refractivity contribution in [3.63, 3.8) is 0 Å². The molecule has 0 fully saturated rings. The van der Waals surface area contributed by atoms with Crippen LogP contribution in [0, 0.1) is 5.92 Å². The molecule has 0 aliphatic carbocycles. The quantitative estimate of drug-likeness (QED) is 0.614. The number of hydrogen-bond donors (Lipinski definition) is 2. The molecule has 0 radical (unpaired) electrons. The van der Waals surface area contributed by atoms with Gasteiger partial charge in [-0.1, -0.05) is 6.92 Å². The van der Waals surface area contributed by atoms with E-state index < -0.39 is 11.4 Å². The van der Waals surface area contributed by atoms with Crippen LogP contribution in [0.2, 0.25) is 0 Å². The summed E-state index contributed by atoms with van der Waals surface area (Å²) >= 11 is 0. The highest BCUT2D eigenvalue weighted by Gasteiger charge is 2.26. The molecule has 0 aliphatic heterocycles. The molecule has 0 aromatic rings. The average molecular weight is 216 g/mol. The number of nitrogens with one attached hydrogen (secondary N) is 1. The Morgan fingerprint density at radius 1 is 1.47 bits per heavy atom. The lowest BCUT2D eigenvalue weighted by atomic mass is 10.0. The molecule has 0 saturated heterocycles. The SMILES string of the molecule is CCOC(=O)C(C)CNC(C)(C)C(N)=O. The van der Waals surface area contributed by atoms with E-state index in [1.165, 1.54) is 0 Å². The molecule has 0 heterocycles. The number of ether oxygens (including phenoxy) is 1. The van der Waals surface area contributed by atoms with E-state index in [4.69, 9.17) is 10.5 Å². The van der Waals surface area contributed by atoms with Gasteiger partial charge in [-0.15, -0.1) is 0 Å². The third-order valence-electron chi connectivity index (χ3n) is 2.16. The molecule has 0 bridgehead atoms. The zero-order valence-electron chi connectivity index (χ0n) is 9.79. The van der Waals surface area contributed by atoms with Gasteiger partial charge in [-0.2, -0.15) is 0 Å². The summed E-state index contributed by atoms with van der Waals surface area (Å²) in [7, 11) is 0. The van der Waals surface area contributed by atoms with Gasteiger partial charge in [-0.3, -0.25) is 9.59 Å². The summed E-state index contributed by atoms with van der Waals surface area (Å²) in [5.41, 5.74) is 4.37. The second-order valence-corrected chi connectivity index (χ2v) is 4.02. The maximum Gasteiger partial charge on any atom is 0.309 e. The van der Waals surface area contributed by atoms with Crippen LogP contribution >= 0.6 is 0 Å². The minimum Gasteiger partial charge on any atom is -0.466 e. The van der Waals surface area contributed by atoms with Gasteiger partial charge >= 0.3 is 5.97 Å². The van der Waals surface area contributed by atoms with E-state index in [1.54, 1.807) is 27.7 Å². The summed E-state index contributed by atoms with van der Waals surface area (Å²) < 4.78 is 4.83. The molecule has 0 aromatic heterocycles. The minimum absolute atomic E-state index is 0.273. The number of nitrogens with two attached hydrogens (primary N) is 1. The van der Waals surface area contributed by atoms with Crippen LogP contribution in [0.3, 0.4) is 0 Å². The van der Waals surface area contributed by atoms with Crippen molar-refractivity contribution in [3.8, 4) is 0 Å². The molecule has 15 heavy (non-hydrogen) atoms. The van der Waals surface area contributed by atoms with E-state index >= 15 is 0 Å². The van der Waals surface area contributed by atoms with Gasteiger partial charge in [0.1, 0.15) is 0 Å². The highest BCUT2D eigenvalue weighted by Crippen LogP contribution is 2.03. The summed E-state index contributed by atoms with van der Waals surface area (Å²) in [4.78, 5) is 22.2. The summed E-state index contributed by atoms with van der Waals surface area (Å²) in [6.07, 6.45) is 0. The van der Waals surface area contributed by atoms with Crippen LogP contribution in [0.5, 0.6) is 0 Å².